The SMILES string of the molecule is COc1ccc(Cl)c(CC2CCN(CC3CCN(Cc4ccccc4)C(=O)N3C)CC2)c1. The third-order valence-electron chi connectivity index (χ3n) is 7.01. The van der Waals surface area contributed by atoms with Crippen LogP contribution in [0, 0.1) is 5.92 Å². The van der Waals surface area contributed by atoms with Gasteiger partial charge in [-0.05, 0) is 74.0 Å². The zero-order valence-electron chi connectivity index (χ0n) is 19.2. The molecule has 0 spiro atoms. The molecule has 2 aliphatic rings. The van der Waals surface area contributed by atoms with E-state index in [0.717, 1.165) is 62.6 Å². The number of carbonyl (C=O) groups is 1. The van der Waals surface area contributed by atoms with E-state index < -0.39 is 0 Å². The Morgan fingerprint density at radius 2 is 1.78 bits per heavy atom. The topological polar surface area (TPSA) is 36.0 Å². The molecule has 0 radical (unpaired) electrons. The van der Waals surface area contributed by atoms with Gasteiger partial charge in [0.25, 0.3) is 0 Å². The number of halogens is 1. The summed E-state index contributed by atoms with van der Waals surface area (Å²) in [6.07, 6.45) is 4.35. The molecule has 2 aromatic carbocycles. The highest BCUT2D eigenvalue weighted by molar-refractivity contribution is 6.31. The third kappa shape index (κ3) is 5.57. The monoisotopic (exact) mass is 455 g/mol. The molecule has 0 aromatic heterocycles. The van der Waals surface area contributed by atoms with Crippen LogP contribution >= 0.6 is 11.6 Å². The summed E-state index contributed by atoms with van der Waals surface area (Å²) in [6.45, 7) is 4.65. The van der Waals surface area contributed by atoms with Crippen molar-refractivity contribution in [3.05, 3.63) is 64.7 Å². The van der Waals surface area contributed by atoms with E-state index in [1.54, 1.807) is 7.11 Å². The smallest absolute Gasteiger partial charge is 0.320 e. The van der Waals surface area contributed by atoms with Crippen LogP contribution in [0.15, 0.2) is 48.5 Å². The predicted molar refractivity (Wildman–Crippen MR) is 129 cm³/mol. The predicted octanol–water partition coefficient (Wildman–Crippen LogP) is 4.93. The minimum Gasteiger partial charge on any atom is -0.497 e. The van der Waals surface area contributed by atoms with Crippen molar-refractivity contribution in [2.45, 2.75) is 38.3 Å². The fourth-order valence-corrected chi connectivity index (χ4v) is 5.15. The van der Waals surface area contributed by atoms with Crippen molar-refractivity contribution in [1.82, 2.24) is 14.7 Å². The van der Waals surface area contributed by atoms with Crippen LogP contribution in [0.1, 0.15) is 30.4 Å². The van der Waals surface area contributed by atoms with Gasteiger partial charge in [-0.15, -0.1) is 0 Å². The zero-order chi connectivity index (χ0) is 22.5. The van der Waals surface area contributed by atoms with Crippen molar-refractivity contribution in [2.75, 3.05) is 40.3 Å². The lowest BCUT2D eigenvalue weighted by molar-refractivity contribution is 0.0803. The van der Waals surface area contributed by atoms with Crippen molar-refractivity contribution in [3.8, 4) is 5.75 Å². The highest BCUT2D eigenvalue weighted by Gasteiger charge is 2.32. The maximum atomic E-state index is 12.9. The van der Waals surface area contributed by atoms with Gasteiger partial charge in [0.15, 0.2) is 0 Å². The molecule has 2 saturated heterocycles. The molecule has 2 amide bonds. The quantitative estimate of drug-likeness (QED) is 0.594. The molecule has 2 heterocycles. The van der Waals surface area contributed by atoms with Gasteiger partial charge in [-0.3, -0.25) is 0 Å². The zero-order valence-corrected chi connectivity index (χ0v) is 19.9. The molecule has 0 bridgehead atoms. The van der Waals surface area contributed by atoms with Gasteiger partial charge in [0, 0.05) is 37.7 Å². The molecule has 5 nitrogen and oxygen atoms in total. The minimum absolute atomic E-state index is 0.146. The number of hydrogen-bond donors (Lipinski definition) is 0. The number of carbonyl (C=O) groups excluding carboxylic acids is 1. The molecule has 4 rings (SSSR count). The van der Waals surface area contributed by atoms with Crippen molar-refractivity contribution in [1.29, 1.82) is 0 Å². The Bertz CT molecular complexity index is 899. The number of likely N-dealkylation sites (tertiary alicyclic amines) is 1. The second-order valence-corrected chi connectivity index (χ2v) is 9.56. The highest BCUT2D eigenvalue weighted by Crippen LogP contribution is 2.29. The van der Waals surface area contributed by atoms with Gasteiger partial charge >= 0.3 is 6.03 Å². The first-order chi connectivity index (χ1) is 15.5. The van der Waals surface area contributed by atoms with Gasteiger partial charge in [-0.1, -0.05) is 41.9 Å². The van der Waals surface area contributed by atoms with Gasteiger partial charge in [0.2, 0.25) is 0 Å². The van der Waals surface area contributed by atoms with Crippen LogP contribution in [0.2, 0.25) is 5.02 Å². The average Bonchev–Trinajstić information content (AvgIpc) is 2.82. The maximum absolute atomic E-state index is 12.9. The summed E-state index contributed by atoms with van der Waals surface area (Å²) in [5, 5.41) is 0.829. The number of likely N-dealkylation sites (N-methyl/N-ethyl adjacent to an activating group) is 1. The van der Waals surface area contributed by atoms with Crippen molar-refractivity contribution < 1.29 is 9.53 Å². The Balaban J connectivity index is 1.25. The molecular weight excluding hydrogens is 422 g/mol. The molecule has 32 heavy (non-hydrogen) atoms. The average molecular weight is 456 g/mol. The van der Waals surface area contributed by atoms with Crippen LogP contribution in [0.25, 0.3) is 0 Å². The molecule has 0 saturated carbocycles. The molecule has 1 atom stereocenters. The molecule has 2 aliphatic heterocycles. The Labute approximate surface area is 196 Å². The maximum Gasteiger partial charge on any atom is 0.320 e. The van der Waals surface area contributed by atoms with Crippen molar-refractivity contribution in [3.63, 3.8) is 0 Å². The standard InChI is InChI=1S/C26H34ClN3O2/c1-28-23(12-15-30(26(28)31)18-21-6-4-3-5-7-21)19-29-13-10-20(11-14-29)16-22-17-24(32-2)8-9-25(22)27/h3-9,17,20,23H,10-16,18-19H2,1-2H3. The van der Waals surface area contributed by atoms with E-state index in [0.29, 0.717) is 18.5 Å². The molecule has 2 aromatic rings. The lowest BCUT2D eigenvalue weighted by Gasteiger charge is -2.42. The van der Waals surface area contributed by atoms with Crippen LogP contribution < -0.4 is 4.74 Å². The van der Waals surface area contributed by atoms with Crippen LogP contribution in [0.3, 0.4) is 0 Å². The molecule has 0 N–H and O–H groups in total. The first kappa shape index (κ1) is 22.9. The van der Waals surface area contributed by atoms with Gasteiger partial charge in [0.05, 0.1) is 7.11 Å². The van der Waals surface area contributed by atoms with Crippen molar-refractivity contribution >= 4 is 17.6 Å². The normalized spacial score (nSPS) is 20.6. The number of urea groups is 1. The first-order valence-electron chi connectivity index (χ1n) is 11.6. The van der Waals surface area contributed by atoms with Crippen LogP contribution in [0.5, 0.6) is 5.75 Å². The van der Waals surface area contributed by atoms with Crippen molar-refractivity contribution in [2.24, 2.45) is 5.92 Å². The summed E-state index contributed by atoms with van der Waals surface area (Å²) in [5.41, 5.74) is 2.37. The first-order valence-corrected chi connectivity index (χ1v) is 12.0. The number of methoxy groups -OCH3 is 1. The fourth-order valence-electron chi connectivity index (χ4n) is 4.95. The van der Waals surface area contributed by atoms with E-state index in [2.05, 4.69) is 23.1 Å². The van der Waals surface area contributed by atoms with Crippen LogP contribution in [0.4, 0.5) is 4.79 Å². The summed E-state index contributed by atoms with van der Waals surface area (Å²) in [6, 6.07) is 16.6. The molecule has 6 heteroatoms. The molecule has 1 unspecified atom stereocenters. The summed E-state index contributed by atoms with van der Waals surface area (Å²) in [4.78, 5) is 19.4. The largest absolute Gasteiger partial charge is 0.497 e. The highest BCUT2D eigenvalue weighted by atomic mass is 35.5. The summed E-state index contributed by atoms with van der Waals surface area (Å²) >= 11 is 6.42. The van der Waals surface area contributed by atoms with Gasteiger partial charge < -0.3 is 19.4 Å². The van der Waals surface area contributed by atoms with E-state index in [4.69, 9.17) is 16.3 Å². The van der Waals surface area contributed by atoms with E-state index in [1.807, 2.05) is 47.2 Å². The Hall–Kier alpha value is -2.24. The van der Waals surface area contributed by atoms with E-state index in [9.17, 15) is 4.79 Å². The van der Waals surface area contributed by atoms with E-state index in [1.165, 1.54) is 11.1 Å². The number of nitrogens with zero attached hydrogens (tertiary/aromatic N) is 3. The molecule has 172 valence electrons. The number of benzene rings is 2. The molecule has 2 fully saturated rings. The summed E-state index contributed by atoms with van der Waals surface area (Å²) in [5.74, 6) is 1.51. The Morgan fingerprint density at radius 3 is 2.50 bits per heavy atom. The van der Waals surface area contributed by atoms with E-state index in [-0.39, 0.29) is 6.03 Å². The summed E-state index contributed by atoms with van der Waals surface area (Å²) in [7, 11) is 3.65. The number of rotatable bonds is 7. The van der Waals surface area contributed by atoms with Gasteiger partial charge in [-0.2, -0.15) is 0 Å². The second kappa shape index (κ2) is 10.6. The fraction of sp³-hybridized carbons (Fsp3) is 0.500. The number of ether oxygens (including phenoxy) is 1. The van der Waals surface area contributed by atoms with E-state index >= 15 is 0 Å². The lowest BCUT2D eigenvalue weighted by Crippen LogP contribution is -2.56. The number of amides is 2. The lowest BCUT2D eigenvalue weighted by atomic mass is 9.89. The Kier molecular flexibility index (Phi) is 7.59. The number of piperidine rings is 1. The summed E-state index contributed by atoms with van der Waals surface area (Å²) < 4.78 is 5.36. The number of hydrogen-bond acceptors (Lipinski definition) is 3. The minimum atomic E-state index is 0.146. The Morgan fingerprint density at radius 1 is 1.03 bits per heavy atom. The van der Waals surface area contributed by atoms with Crippen LogP contribution in [-0.4, -0.2) is 67.1 Å². The van der Waals surface area contributed by atoms with Gasteiger partial charge in [-0.25, -0.2) is 4.79 Å². The molecule has 0 aliphatic carbocycles. The van der Waals surface area contributed by atoms with Crippen LogP contribution in [-0.2, 0) is 13.0 Å². The van der Waals surface area contributed by atoms with Gasteiger partial charge in [0.1, 0.15) is 5.75 Å². The second-order valence-electron chi connectivity index (χ2n) is 9.15. The molecular formula is C26H34ClN3O2. The third-order valence-corrected chi connectivity index (χ3v) is 7.37.